The first-order valence-corrected chi connectivity index (χ1v) is 7.46. The van der Waals surface area contributed by atoms with E-state index in [4.69, 9.17) is 0 Å². The molecule has 0 bridgehead atoms. The van der Waals surface area contributed by atoms with Gasteiger partial charge in [0, 0.05) is 12.6 Å². The third-order valence-electron chi connectivity index (χ3n) is 3.41. The molecule has 1 fully saturated rings. The number of hydrogen-bond acceptors (Lipinski definition) is 3. The number of hydrogen-bond donors (Lipinski definition) is 1. The Hall–Kier alpha value is 0.270. The monoisotopic (exact) mass is 230 g/mol. The van der Waals surface area contributed by atoms with Crippen LogP contribution in [0.1, 0.15) is 39.5 Å². The summed E-state index contributed by atoms with van der Waals surface area (Å²) in [6, 6.07) is 0.740. The van der Waals surface area contributed by atoms with E-state index in [2.05, 4.69) is 29.7 Å². The Bertz CT molecular complexity index is 154. The normalized spacial score (nSPS) is 20.0. The van der Waals surface area contributed by atoms with E-state index in [1.165, 1.54) is 45.3 Å². The molecule has 0 unspecified atom stereocenters. The third kappa shape index (κ3) is 5.23. The Morgan fingerprint density at radius 3 is 2.53 bits per heavy atom. The highest BCUT2D eigenvalue weighted by Gasteiger charge is 2.19. The van der Waals surface area contributed by atoms with Gasteiger partial charge in [0.2, 0.25) is 0 Å². The predicted molar refractivity (Wildman–Crippen MR) is 70.2 cm³/mol. The second-order valence-corrected chi connectivity index (χ2v) is 5.51. The second-order valence-electron chi connectivity index (χ2n) is 4.81. The minimum absolute atomic E-state index is 0.740. The van der Waals surface area contributed by atoms with E-state index in [-0.39, 0.29) is 0 Å². The summed E-state index contributed by atoms with van der Waals surface area (Å²) in [5.41, 5.74) is 0. The molecule has 1 N–H and O–H groups in total. The van der Waals surface area contributed by atoms with E-state index >= 15 is 0 Å². The van der Waals surface area contributed by atoms with Gasteiger partial charge in [0.05, 0.1) is 0 Å². The Kier molecular flexibility index (Phi) is 6.69. The lowest BCUT2D eigenvalue weighted by Gasteiger charge is -2.34. The summed E-state index contributed by atoms with van der Waals surface area (Å²) in [5.74, 6) is 0.989. The van der Waals surface area contributed by atoms with Crippen molar-refractivity contribution in [1.82, 2.24) is 9.62 Å². The minimum atomic E-state index is 0.740. The minimum Gasteiger partial charge on any atom is -0.301 e. The quantitative estimate of drug-likeness (QED) is 0.558. The van der Waals surface area contributed by atoms with Crippen molar-refractivity contribution in [1.29, 1.82) is 0 Å². The lowest BCUT2D eigenvalue weighted by molar-refractivity contribution is 0.145. The maximum atomic E-state index is 3.32. The molecule has 0 radical (unpaired) electrons. The molecule has 0 amide bonds. The molecule has 1 heterocycles. The largest absolute Gasteiger partial charge is 0.301 e. The number of nitrogens with zero attached hydrogens (tertiary/aromatic N) is 1. The van der Waals surface area contributed by atoms with Crippen LogP contribution in [0.15, 0.2) is 0 Å². The number of piperidine rings is 1. The van der Waals surface area contributed by atoms with E-state index in [1.807, 2.05) is 0 Å². The Balaban J connectivity index is 2.04. The first kappa shape index (κ1) is 13.3. The highest BCUT2D eigenvalue weighted by atomic mass is 32.2. The van der Waals surface area contributed by atoms with Crippen LogP contribution in [-0.2, 0) is 0 Å². The van der Waals surface area contributed by atoms with Crippen LogP contribution >= 0.6 is 11.9 Å². The highest BCUT2D eigenvalue weighted by molar-refractivity contribution is 7.96. The maximum Gasteiger partial charge on any atom is 0.00585 e. The van der Waals surface area contributed by atoms with Gasteiger partial charge in [-0.1, -0.05) is 11.9 Å². The lowest BCUT2D eigenvalue weighted by atomic mass is 9.92. The zero-order valence-corrected chi connectivity index (χ0v) is 11.3. The fraction of sp³-hybridized carbons (Fsp3) is 1.00. The first-order chi connectivity index (χ1) is 7.24. The molecule has 0 saturated carbocycles. The van der Waals surface area contributed by atoms with Crippen molar-refractivity contribution < 1.29 is 0 Å². The molecule has 0 atom stereocenters. The zero-order chi connectivity index (χ0) is 11.1. The van der Waals surface area contributed by atoms with Gasteiger partial charge in [0.15, 0.2) is 0 Å². The van der Waals surface area contributed by atoms with Crippen molar-refractivity contribution in [3.8, 4) is 0 Å². The lowest BCUT2D eigenvalue weighted by Crippen LogP contribution is -2.38. The van der Waals surface area contributed by atoms with Crippen LogP contribution in [-0.4, -0.2) is 36.8 Å². The molecular weight excluding hydrogens is 204 g/mol. The van der Waals surface area contributed by atoms with Crippen molar-refractivity contribution in [3.63, 3.8) is 0 Å². The smallest absolute Gasteiger partial charge is 0.00585 e. The first-order valence-electron chi connectivity index (χ1n) is 6.24. The molecule has 0 spiro atoms. The average molecular weight is 230 g/mol. The fourth-order valence-electron chi connectivity index (χ4n) is 2.32. The molecule has 3 heteroatoms. The predicted octanol–water partition coefficient (Wildman–Crippen LogP) is 2.75. The van der Waals surface area contributed by atoms with Crippen molar-refractivity contribution in [2.75, 3.05) is 25.9 Å². The van der Waals surface area contributed by atoms with E-state index in [0.717, 1.165) is 12.0 Å². The summed E-state index contributed by atoms with van der Waals surface area (Å²) in [6.45, 7) is 8.42. The molecule has 1 saturated heterocycles. The molecule has 0 aromatic heterocycles. The van der Waals surface area contributed by atoms with Crippen LogP contribution in [0, 0.1) is 5.92 Å². The maximum absolute atomic E-state index is 3.32. The van der Waals surface area contributed by atoms with Crippen molar-refractivity contribution >= 4 is 11.9 Å². The van der Waals surface area contributed by atoms with E-state index in [0.29, 0.717) is 0 Å². The average Bonchev–Trinajstić information content (AvgIpc) is 2.25. The summed E-state index contributed by atoms with van der Waals surface area (Å²) in [6.07, 6.45) is 7.68. The summed E-state index contributed by atoms with van der Waals surface area (Å²) in [5, 5.41) is 0. The van der Waals surface area contributed by atoms with E-state index in [1.54, 1.807) is 11.9 Å². The van der Waals surface area contributed by atoms with Crippen LogP contribution in [0.3, 0.4) is 0 Å². The molecule has 1 aliphatic rings. The van der Waals surface area contributed by atoms with Crippen LogP contribution < -0.4 is 4.72 Å². The number of likely N-dealkylation sites (tertiary alicyclic amines) is 1. The second kappa shape index (κ2) is 7.53. The molecule has 0 aromatic carbocycles. The number of nitrogens with one attached hydrogen (secondary N) is 1. The van der Waals surface area contributed by atoms with Gasteiger partial charge in [-0.05, 0) is 64.8 Å². The SMILES string of the molecule is CSNCCCC1CCN(C(C)C)CC1. The van der Waals surface area contributed by atoms with Crippen LogP contribution in [0.25, 0.3) is 0 Å². The van der Waals surface area contributed by atoms with Gasteiger partial charge in [-0.15, -0.1) is 0 Å². The fourth-order valence-corrected chi connectivity index (χ4v) is 2.67. The summed E-state index contributed by atoms with van der Waals surface area (Å²) in [7, 11) is 0. The zero-order valence-electron chi connectivity index (χ0n) is 10.5. The van der Waals surface area contributed by atoms with Crippen molar-refractivity contribution in [3.05, 3.63) is 0 Å². The van der Waals surface area contributed by atoms with E-state index < -0.39 is 0 Å². The van der Waals surface area contributed by atoms with Crippen molar-refractivity contribution in [2.45, 2.75) is 45.6 Å². The molecular formula is C12H26N2S. The van der Waals surface area contributed by atoms with Crippen LogP contribution in [0.2, 0.25) is 0 Å². The van der Waals surface area contributed by atoms with Gasteiger partial charge in [0.25, 0.3) is 0 Å². The molecule has 2 nitrogen and oxygen atoms in total. The Labute approximate surface area is 99.3 Å². The third-order valence-corrected chi connectivity index (χ3v) is 3.91. The van der Waals surface area contributed by atoms with Gasteiger partial charge in [0.1, 0.15) is 0 Å². The van der Waals surface area contributed by atoms with E-state index in [9.17, 15) is 0 Å². The molecule has 1 rings (SSSR count). The van der Waals surface area contributed by atoms with Gasteiger partial charge in [-0.2, -0.15) is 0 Å². The molecule has 15 heavy (non-hydrogen) atoms. The standard InChI is InChI=1S/C12H26N2S/c1-11(2)14-9-6-12(7-10-14)5-4-8-13-15-3/h11-13H,4-10H2,1-3H3. The summed E-state index contributed by atoms with van der Waals surface area (Å²) < 4.78 is 3.32. The van der Waals surface area contributed by atoms with Gasteiger partial charge in [-0.3, -0.25) is 4.72 Å². The molecule has 90 valence electrons. The molecule has 1 aliphatic heterocycles. The number of rotatable bonds is 6. The summed E-state index contributed by atoms with van der Waals surface area (Å²) >= 11 is 1.73. The van der Waals surface area contributed by atoms with Gasteiger partial charge in [-0.25, -0.2) is 0 Å². The molecule has 0 aliphatic carbocycles. The highest BCUT2D eigenvalue weighted by Crippen LogP contribution is 2.22. The van der Waals surface area contributed by atoms with Gasteiger partial charge >= 0.3 is 0 Å². The van der Waals surface area contributed by atoms with Crippen LogP contribution in [0.4, 0.5) is 0 Å². The Morgan fingerprint density at radius 1 is 1.33 bits per heavy atom. The van der Waals surface area contributed by atoms with Crippen molar-refractivity contribution in [2.24, 2.45) is 5.92 Å². The summed E-state index contributed by atoms with van der Waals surface area (Å²) in [4.78, 5) is 2.61. The van der Waals surface area contributed by atoms with Gasteiger partial charge < -0.3 is 4.90 Å². The molecule has 0 aromatic rings. The topological polar surface area (TPSA) is 15.3 Å². The Morgan fingerprint density at radius 2 is 2.00 bits per heavy atom. The van der Waals surface area contributed by atoms with Crippen LogP contribution in [0.5, 0.6) is 0 Å².